The maximum atomic E-state index is 11.7. The summed E-state index contributed by atoms with van der Waals surface area (Å²) in [6.07, 6.45) is 2.28. The van der Waals surface area contributed by atoms with Crippen molar-refractivity contribution in [1.29, 1.82) is 0 Å². The van der Waals surface area contributed by atoms with Gasteiger partial charge in [-0.3, -0.25) is 4.79 Å². The van der Waals surface area contributed by atoms with E-state index in [-0.39, 0.29) is 15.5 Å². The fourth-order valence-corrected chi connectivity index (χ4v) is 3.02. The van der Waals surface area contributed by atoms with Gasteiger partial charge in [-0.1, -0.05) is 41.9 Å². The molecular formula is C12H10ClNO3S. The van der Waals surface area contributed by atoms with Gasteiger partial charge >= 0.3 is 0 Å². The monoisotopic (exact) mass is 283 g/mol. The van der Waals surface area contributed by atoms with Crippen LogP contribution in [-0.4, -0.2) is 19.7 Å². The third-order valence-corrected chi connectivity index (χ3v) is 3.86. The average molecular weight is 284 g/mol. The molecule has 94 valence electrons. The first-order chi connectivity index (χ1) is 8.41. The van der Waals surface area contributed by atoms with Crippen molar-refractivity contribution in [2.24, 2.45) is 0 Å². The highest BCUT2D eigenvalue weighted by atomic mass is 35.5. The van der Waals surface area contributed by atoms with E-state index in [1.807, 2.05) is 0 Å². The standard InChI is InChI=1S/C12H10ClNO3S/c1-18(16,17)11-10(8-5-3-2-4-6-8)9(13)7-14-12(11)15/h2-7H,1H3,(H,14,15). The second-order valence-electron chi connectivity index (χ2n) is 3.81. The van der Waals surface area contributed by atoms with Crippen molar-refractivity contribution in [3.05, 3.63) is 51.9 Å². The minimum Gasteiger partial charge on any atom is -0.326 e. The Balaban J connectivity index is 2.91. The third kappa shape index (κ3) is 2.32. The molecule has 6 heteroatoms. The molecule has 0 spiro atoms. The molecule has 0 atom stereocenters. The Bertz CT molecular complexity index is 736. The number of rotatable bonds is 2. The summed E-state index contributed by atoms with van der Waals surface area (Å²) in [5.74, 6) is 0. The van der Waals surface area contributed by atoms with E-state index in [1.54, 1.807) is 30.3 Å². The van der Waals surface area contributed by atoms with Gasteiger partial charge in [0.25, 0.3) is 5.56 Å². The molecule has 1 N–H and O–H groups in total. The molecule has 0 amide bonds. The Labute approximate surface area is 109 Å². The molecule has 0 saturated carbocycles. The van der Waals surface area contributed by atoms with Crippen LogP contribution in [0.25, 0.3) is 11.1 Å². The van der Waals surface area contributed by atoms with Gasteiger partial charge in [0.1, 0.15) is 4.90 Å². The van der Waals surface area contributed by atoms with Gasteiger partial charge in [-0.2, -0.15) is 0 Å². The second-order valence-corrected chi connectivity index (χ2v) is 6.17. The molecule has 0 aliphatic rings. The van der Waals surface area contributed by atoms with Gasteiger partial charge in [0.15, 0.2) is 9.84 Å². The number of sulfone groups is 1. The van der Waals surface area contributed by atoms with E-state index in [2.05, 4.69) is 4.98 Å². The summed E-state index contributed by atoms with van der Waals surface area (Å²) in [6.45, 7) is 0. The van der Waals surface area contributed by atoms with Crippen LogP contribution in [0.3, 0.4) is 0 Å². The van der Waals surface area contributed by atoms with E-state index in [4.69, 9.17) is 11.6 Å². The predicted octanol–water partition coefficient (Wildman–Crippen LogP) is 2.10. The number of halogens is 1. The number of aromatic nitrogens is 1. The SMILES string of the molecule is CS(=O)(=O)c1c(-c2ccccc2)c(Cl)c[nH]c1=O. The van der Waals surface area contributed by atoms with Crippen LogP contribution < -0.4 is 5.56 Å². The molecule has 0 bridgehead atoms. The van der Waals surface area contributed by atoms with Crippen LogP contribution in [0.2, 0.25) is 5.02 Å². The fraction of sp³-hybridized carbons (Fsp3) is 0.0833. The van der Waals surface area contributed by atoms with E-state index >= 15 is 0 Å². The van der Waals surface area contributed by atoms with Crippen molar-refractivity contribution in [2.75, 3.05) is 6.26 Å². The molecule has 2 rings (SSSR count). The number of H-pyrrole nitrogens is 1. The third-order valence-electron chi connectivity index (χ3n) is 2.44. The molecule has 0 aliphatic carbocycles. The number of hydrogen-bond acceptors (Lipinski definition) is 3. The summed E-state index contributed by atoms with van der Waals surface area (Å²) in [4.78, 5) is 13.7. The van der Waals surface area contributed by atoms with Gasteiger partial charge in [0, 0.05) is 18.0 Å². The smallest absolute Gasteiger partial charge is 0.267 e. The van der Waals surface area contributed by atoms with Crippen LogP contribution >= 0.6 is 11.6 Å². The highest BCUT2D eigenvalue weighted by Gasteiger charge is 2.21. The molecule has 1 aromatic heterocycles. The molecule has 1 aromatic carbocycles. The highest BCUT2D eigenvalue weighted by molar-refractivity contribution is 7.90. The minimum absolute atomic E-state index is 0.196. The summed E-state index contributed by atoms with van der Waals surface area (Å²) in [7, 11) is -3.66. The summed E-state index contributed by atoms with van der Waals surface area (Å²) in [5, 5.41) is 0.196. The van der Waals surface area contributed by atoms with Gasteiger partial charge in [-0.05, 0) is 5.56 Å². The Kier molecular flexibility index (Phi) is 3.28. The van der Waals surface area contributed by atoms with Gasteiger partial charge in [0.2, 0.25) is 0 Å². The van der Waals surface area contributed by atoms with Gasteiger partial charge in [-0.15, -0.1) is 0 Å². The Morgan fingerprint density at radius 3 is 2.33 bits per heavy atom. The van der Waals surface area contributed by atoms with Crippen molar-refractivity contribution in [3.8, 4) is 11.1 Å². The minimum atomic E-state index is -3.66. The molecule has 0 unspecified atom stereocenters. The molecule has 0 saturated heterocycles. The highest BCUT2D eigenvalue weighted by Crippen LogP contribution is 2.31. The first-order valence-electron chi connectivity index (χ1n) is 5.08. The quantitative estimate of drug-likeness (QED) is 0.918. The van der Waals surface area contributed by atoms with E-state index < -0.39 is 15.4 Å². The van der Waals surface area contributed by atoms with Crippen molar-refractivity contribution in [2.45, 2.75) is 4.90 Å². The summed E-state index contributed by atoms with van der Waals surface area (Å²) < 4.78 is 23.4. The van der Waals surface area contributed by atoms with Crippen molar-refractivity contribution >= 4 is 21.4 Å². The molecule has 18 heavy (non-hydrogen) atoms. The molecular weight excluding hydrogens is 274 g/mol. The lowest BCUT2D eigenvalue weighted by Gasteiger charge is -2.09. The second kappa shape index (κ2) is 4.59. The van der Waals surface area contributed by atoms with Crippen LogP contribution in [-0.2, 0) is 9.84 Å². The molecule has 0 aliphatic heterocycles. The maximum absolute atomic E-state index is 11.7. The lowest BCUT2D eigenvalue weighted by Crippen LogP contribution is -2.18. The topological polar surface area (TPSA) is 67.0 Å². The zero-order valence-corrected chi connectivity index (χ0v) is 11.0. The average Bonchev–Trinajstić information content (AvgIpc) is 2.31. The molecule has 1 heterocycles. The van der Waals surface area contributed by atoms with Crippen molar-refractivity contribution < 1.29 is 8.42 Å². The van der Waals surface area contributed by atoms with Gasteiger partial charge in [-0.25, -0.2) is 8.42 Å². The van der Waals surface area contributed by atoms with Gasteiger partial charge in [0.05, 0.1) is 5.02 Å². The zero-order valence-electron chi connectivity index (χ0n) is 9.48. The number of nitrogens with one attached hydrogen (secondary N) is 1. The number of aromatic amines is 1. The molecule has 4 nitrogen and oxygen atoms in total. The fourth-order valence-electron chi connectivity index (χ4n) is 1.72. The summed E-state index contributed by atoms with van der Waals surface area (Å²) in [5.41, 5.74) is 0.165. The van der Waals surface area contributed by atoms with Crippen LogP contribution in [0.1, 0.15) is 0 Å². The largest absolute Gasteiger partial charge is 0.326 e. The zero-order chi connectivity index (χ0) is 13.3. The van der Waals surface area contributed by atoms with Crippen LogP contribution in [0, 0.1) is 0 Å². The van der Waals surface area contributed by atoms with Crippen molar-refractivity contribution in [1.82, 2.24) is 4.98 Å². The Morgan fingerprint density at radius 1 is 1.17 bits per heavy atom. The number of pyridine rings is 1. The Hall–Kier alpha value is -1.59. The van der Waals surface area contributed by atoms with E-state index in [0.717, 1.165) is 6.26 Å². The summed E-state index contributed by atoms with van der Waals surface area (Å²) >= 11 is 6.01. The van der Waals surface area contributed by atoms with Crippen LogP contribution in [0.4, 0.5) is 0 Å². The van der Waals surface area contributed by atoms with E-state index in [1.165, 1.54) is 6.20 Å². The van der Waals surface area contributed by atoms with E-state index in [9.17, 15) is 13.2 Å². The molecule has 0 fully saturated rings. The van der Waals surface area contributed by atoms with Crippen LogP contribution in [0.5, 0.6) is 0 Å². The van der Waals surface area contributed by atoms with Crippen LogP contribution in [0.15, 0.2) is 46.2 Å². The predicted molar refractivity (Wildman–Crippen MR) is 70.6 cm³/mol. The normalized spacial score (nSPS) is 11.4. The molecule has 0 radical (unpaired) electrons. The number of hydrogen-bond donors (Lipinski definition) is 1. The van der Waals surface area contributed by atoms with E-state index in [0.29, 0.717) is 5.56 Å². The maximum Gasteiger partial charge on any atom is 0.267 e. The Morgan fingerprint density at radius 2 is 1.78 bits per heavy atom. The number of benzene rings is 1. The first-order valence-corrected chi connectivity index (χ1v) is 7.35. The van der Waals surface area contributed by atoms with Crippen molar-refractivity contribution in [3.63, 3.8) is 0 Å². The lowest BCUT2D eigenvalue weighted by molar-refractivity contribution is 0.601. The molecule has 2 aromatic rings. The summed E-state index contributed by atoms with van der Waals surface area (Å²) in [6, 6.07) is 8.70. The van der Waals surface area contributed by atoms with Gasteiger partial charge < -0.3 is 4.98 Å². The lowest BCUT2D eigenvalue weighted by atomic mass is 10.1. The first kappa shape index (κ1) is 12.9.